The zero-order chi connectivity index (χ0) is 29.9. The minimum atomic E-state index is -0.533. The first-order valence-electron chi connectivity index (χ1n) is 14.0. The second kappa shape index (κ2) is 12.2. The summed E-state index contributed by atoms with van der Waals surface area (Å²) in [6.07, 6.45) is 4.42. The average Bonchev–Trinajstić information content (AvgIpc) is 2.96. The zero-order valence-corrected chi connectivity index (χ0v) is 24.6. The molecule has 0 saturated carbocycles. The van der Waals surface area contributed by atoms with E-state index in [-0.39, 0.29) is 23.9 Å². The lowest BCUT2D eigenvalue weighted by atomic mass is 10.1. The Labute approximate surface area is 249 Å². The molecule has 42 heavy (non-hydrogen) atoms. The van der Waals surface area contributed by atoms with Crippen molar-refractivity contribution in [3.63, 3.8) is 0 Å². The summed E-state index contributed by atoms with van der Waals surface area (Å²) in [5.41, 5.74) is 1.73. The number of piperidine rings is 1. The van der Waals surface area contributed by atoms with E-state index in [9.17, 15) is 14.4 Å². The van der Waals surface area contributed by atoms with Gasteiger partial charge in [-0.2, -0.15) is 0 Å². The summed E-state index contributed by atoms with van der Waals surface area (Å²) in [5.74, 6) is 0.442. The van der Waals surface area contributed by atoms with Gasteiger partial charge in [0.2, 0.25) is 0 Å². The SMILES string of the molecule is CC(C)(C)OC(=O)NC1CCN(c2ccc(C(=O)NCc3cn(-c4ccccc4)c4cc(Cl)ccc4c3=O)cn2)CC1. The van der Waals surface area contributed by atoms with E-state index in [1.165, 1.54) is 0 Å². The quantitative estimate of drug-likeness (QED) is 0.310. The van der Waals surface area contributed by atoms with Crippen LogP contribution in [-0.2, 0) is 11.3 Å². The Morgan fingerprint density at radius 1 is 1.05 bits per heavy atom. The Balaban J connectivity index is 1.23. The van der Waals surface area contributed by atoms with Crippen molar-refractivity contribution in [3.05, 3.63) is 99.4 Å². The minimum Gasteiger partial charge on any atom is -0.444 e. The molecule has 1 fully saturated rings. The number of benzene rings is 2. The number of rotatable bonds is 6. The maximum absolute atomic E-state index is 13.3. The normalized spacial score (nSPS) is 14.0. The number of halogens is 1. The van der Waals surface area contributed by atoms with Crippen LogP contribution in [0.25, 0.3) is 16.6 Å². The number of hydrogen-bond acceptors (Lipinski definition) is 6. The van der Waals surface area contributed by atoms with Gasteiger partial charge in [0.1, 0.15) is 11.4 Å². The van der Waals surface area contributed by atoms with E-state index in [0.29, 0.717) is 27.1 Å². The first-order valence-corrected chi connectivity index (χ1v) is 14.3. The maximum atomic E-state index is 13.3. The number of carbonyl (C=O) groups excluding carboxylic acids is 2. The predicted octanol–water partition coefficient (Wildman–Crippen LogP) is 5.46. The molecule has 2 N–H and O–H groups in total. The van der Waals surface area contributed by atoms with Gasteiger partial charge in [-0.3, -0.25) is 9.59 Å². The highest BCUT2D eigenvalue weighted by Gasteiger charge is 2.24. The van der Waals surface area contributed by atoms with Crippen LogP contribution in [0.3, 0.4) is 0 Å². The van der Waals surface area contributed by atoms with Crippen molar-refractivity contribution in [3.8, 4) is 5.69 Å². The van der Waals surface area contributed by atoms with Crippen molar-refractivity contribution in [2.24, 2.45) is 0 Å². The Morgan fingerprint density at radius 3 is 2.45 bits per heavy atom. The third-order valence-electron chi connectivity index (χ3n) is 7.06. The van der Waals surface area contributed by atoms with Gasteiger partial charge in [-0.15, -0.1) is 0 Å². The lowest BCUT2D eigenvalue weighted by Crippen LogP contribution is -2.46. The number of amides is 2. The van der Waals surface area contributed by atoms with Crippen molar-refractivity contribution >= 4 is 40.3 Å². The first-order chi connectivity index (χ1) is 20.1. The molecule has 2 aromatic heterocycles. The highest BCUT2D eigenvalue weighted by Crippen LogP contribution is 2.22. The summed E-state index contributed by atoms with van der Waals surface area (Å²) in [5, 5.41) is 6.86. The molecule has 1 aliphatic rings. The van der Waals surface area contributed by atoms with Crippen LogP contribution < -0.4 is 21.0 Å². The zero-order valence-electron chi connectivity index (χ0n) is 23.9. The summed E-state index contributed by atoms with van der Waals surface area (Å²) in [6.45, 7) is 7.02. The Hall–Kier alpha value is -4.37. The molecule has 0 spiro atoms. The molecule has 1 saturated heterocycles. The van der Waals surface area contributed by atoms with Gasteiger partial charge in [0, 0.05) is 59.7 Å². The number of pyridine rings is 2. The number of carbonyl (C=O) groups is 2. The van der Waals surface area contributed by atoms with Crippen LogP contribution in [0.4, 0.5) is 10.6 Å². The third-order valence-corrected chi connectivity index (χ3v) is 7.30. The Kier molecular flexibility index (Phi) is 8.49. The number of alkyl carbamates (subject to hydrolysis) is 1. The minimum absolute atomic E-state index is 0.0414. The molecular formula is C32H34ClN5O4. The van der Waals surface area contributed by atoms with Crippen molar-refractivity contribution in [2.45, 2.75) is 51.8 Å². The van der Waals surface area contributed by atoms with Gasteiger partial charge in [-0.25, -0.2) is 9.78 Å². The molecule has 0 aliphatic carbocycles. The van der Waals surface area contributed by atoms with Crippen molar-refractivity contribution in [1.82, 2.24) is 20.2 Å². The fourth-order valence-corrected chi connectivity index (χ4v) is 5.16. The summed E-state index contributed by atoms with van der Waals surface area (Å²) < 4.78 is 7.26. The molecule has 0 bridgehead atoms. The third kappa shape index (κ3) is 6.91. The monoisotopic (exact) mass is 587 g/mol. The molecule has 2 aromatic carbocycles. The molecule has 4 aromatic rings. The van der Waals surface area contributed by atoms with E-state index in [1.807, 2.05) is 61.7 Å². The van der Waals surface area contributed by atoms with E-state index in [2.05, 4.69) is 20.5 Å². The highest BCUT2D eigenvalue weighted by atomic mass is 35.5. The molecule has 1 aliphatic heterocycles. The molecule has 3 heterocycles. The summed E-state index contributed by atoms with van der Waals surface area (Å²) in [4.78, 5) is 45.0. The van der Waals surface area contributed by atoms with Gasteiger partial charge >= 0.3 is 6.09 Å². The van der Waals surface area contributed by atoms with E-state index in [0.717, 1.165) is 37.4 Å². The number of hydrogen-bond donors (Lipinski definition) is 2. The molecule has 0 atom stereocenters. The number of para-hydroxylation sites is 1. The number of ether oxygens (including phenoxy) is 1. The molecule has 218 valence electrons. The van der Waals surface area contributed by atoms with E-state index in [1.54, 1.807) is 36.7 Å². The molecule has 0 unspecified atom stereocenters. The van der Waals surface area contributed by atoms with Gasteiger partial charge < -0.3 is 24.8 Å². The molecule has 0 radical (unpaired) electrons. The van der Waals surface area contributed by atoms with Crippen molar-refractivity contribution in [2.75, 3.05) is 18.0 Å². The smallest absolute Gasteiger partial charge is 0.407 e. The average molecular weight is 588 g/mol. The van der Waals surface area contributed by atoms with Crippen molar-refractivity contribution in [1.29, 1.82) is 0 Å². The van der Waals surface area contributed by atoms with Gasteiger partial charge in [0.25, 0.3) is 5.91 Å². The number of aromatic nitrogens is 2. The predicted molar refractivity (Wildman–Crippen MR) is 165 cm³/mol. The van der Waals surface area contributed by atoms with Crippen LogP contribution in [0.1, 0.15) is 49.5 Å². The van der Waals surface area contributed by atoms with Crippen LogP contribution in [-0.4, -0.2) is 46.3 Å². The first kappa shape index (κ1) is 29.1. The van der Waals surface area contributed by atoms with Crippen LogP contribution in [0.2, 0.25) is 5.02 Å². The van der Waals surface area contributed by atoms with Crippen LogP contribution in [0, 0.1) is 0 Å². The van der Waals surface area contributed by atoms with Crippen LogP contribution in [0.15, 0.2) is 77.9 Å². The number of nitrogens with one attached hydrogen (secondary N) is 2. The maximum Gasteiger partial charge on any atom is 0.407 e. The van der Waals surface area contributed by atoms with Gasteiger partial charge in [0.05, 0.1) is 11.1 Å². The summed E-state index contributed by atoms with van der Waals surface area (Å²) >= 11 is 6.24. The highest BCUT2D eigenvalue weighted by molar-refractivity contribution is 6.31. The van der Waals surface area contributed by atoms with Crippen LogP contribution >= 0.6 is 11.6 Å². The number of fused-ring (bicyclic) bond motifs is 1. The molecular weight excluding hydrogens is 554 g/mol. The number of anilines is 1. The molecule has 2 amide bonds. The van der Waals surface area contributed by atoms with Gasteiger partial charge in [-0.05, 0) is 76.1 Å². The Morgan fingerprint density at radius 2 is 1.79 bits per heavy atom. The Bertz CT molecular complexity index is 1640. The lowest BCUT2D eigenvalue weighted by Gasteiger charge is -2.33. The second-order valence-corrected chi connectivity index (χ2v) is 11.8. The molecule has 9 nitrogen and oxygen atoms in total. The van der Waals surface area contributed by atoms with Crippen molar-refractivity contribution < 1.29 is 14.3 Å². The van der Waals surface area contributed by atoms with E-state index in [4.69, 9.17) is 16.3 Å². The van der Waals surface area contributed by atoms with Gasteiger partial charge in [-0.1, -0.05) is 29.8 Å². The number of nitrogens with zero attached hydrogens (tertiary/aromatic N) is 3. The van der Waals surface area contributed by atoms with E-state index < -0.39 is 11.7 Å². The second-order valence-electron chi connectivity index (χ2n) is 11.3. The fraction of sp³-hybridized carbons (Fsp3) is 0.312. The van der Waals surface area contributed by atoms with E-state index >= 15 is 0 Å². The van der Waals surface area contributed by atoms with Crippen LogP contribution in [0.5, 0.6) is 0 Å². The summed E-state index contributed by atoms with van der Waals surface area (Å²) in [7, 11) is 0. The lowest BCUT2D eigenvalue weighted by molar-refractivity contribution is 0.0497. The molecule has 10 heteroatoms. The molecule has 5 rings (SSSR count). The standard InChI is InChI=1S/C32H34ClN5O4/c1-32(2,3)42-31(41)36-24-13-15-37(16-14-24)28-12-9-21(18-34-28)30(40)35-19-22-20-38(25-7-5-4-6-8-25)27-17-23(33)10-11-26(27)29(22)39/h4-12,17-18,20,24H,13-16,19H2,1-3H3,(H,35,40)(H,36,41). The summed E-state index contributed by atoms with van der Waals surface area (Å²) in [6, 6.07) is 18.4. The largest absolute Gasteiger partial charge is 0.444 e. The topological polar surface area (TPSA) is 106 Å². The fourth-order valence-electron chi connectivity index (χ4n) is 4.99. The van der Waals surface area contributed by atoms with Gasteiger partial charge in [0.15, 0.2) is 5.43 Å².